The Morgan fingerprint density at radius 1 is 1.14 bits per heavy atom. The maximum Gasteiger partial charge on any atom is 0.255 e. The summed E-state index contributed by atoms with van der Waals surface area (Å²) in [5.41, 5.74) is 0.882. The Labute approximate surface area is 209 Å². The third kappa shape index (κ3) is 5.54. The second-order valence-electron chi connectivity index (χ2n) is 9.39. The number of nitrogens with one attached hydrogen (secondary N) is 1. The zero-order chi connectivity index (χ0) is 25.5. The van der Waals surface area contributed by atoms with Crippen molar-refractivity contribution in [2.24, 2.45) is 5.92 Å². The van der Waals surface area contributed by atoms with Crippen LogP contribution in [0.4, 0.5) is 0 Å². The molecule has 188 valence electrons. The maximum absolute atomic E-state index is 13.5. The van der Waals surface area contributed by atoms with Crippen LogP contribution in [0, 0.1) is 5.92 Å². The van der Waals surface area contributed by atoms with Crippen LogP contribution in [0.25, 0.3) is 22.0 Å². The van der Waals surface area contributed by atoms with Crippen LogP contribution in [-0.2, 0) is 26.2 Å². The zero-order valence-electron chi connectivity index (χ0n) is 19.5. The predicted octanol–water partition coefficient (Wildman–Crippen LogP) is 3.48. The Hall–Kier alpha value is -2.43. The molecule has 2 atom stereocenters. The van der Waals surface area contributed by atoms with Crippen molar-refractivity contribution in [1.29, 1.82) is 0 Å². The molecule has 0 bridgehead atoms. The molecule has 4 rings (SSSR count). The number of nitrogens with zero attached hydrogens (tertiary/aromatic N) is 1. The molecule has 0 saturated heterocycles. The molecule has 35 heavy (non-hydrogen) atoms. The number of aromatic amines is 1. The van der Waals surface area contributed by atoms with E-state index in [1.807, 2.05) is 0 Å². The number of halogens is 1. The summed E-state index contributed by atoms with van der Waals surface area (Å²) in [5.74, 6) is -1.39. The van der Waals surface area contributed by atoms with Crippen LogP contribution in [0.2, 0.25) is 5.02 Å². The minimum Gasteiger partial charge on any atom is -0.337 e. The molecule has 2 aromatic heterocycles. The molecule has 1 aromatic carbocycles. The topological polar surface area (TPSA) is 123 Å². The van der Waals surface area contributed by atoms with Crippen LogP contribution in [0.3, 0.4) is 0 Å². The number of carbonyl (C=O) groups excluding carboxylic acids is 1. The normalized spacial score (nSPS) is 19.2. The number of hydrogen-bond acceptors (Lipinski definition) is 6. The Balaban J connectivity index is 1.96. The molecule has 2 heterocycles. The first-order valence-electron chi connectivity index (χ1n) is 11.2. The summed E-state index contributed by atoms with van der Waals surface area (Å²) >= 11 is 6.28. The summed E-state index contributed by atoms with van der Waals surface area (Å²) in [7, 11) is -6.87. The van der Waals surface area contributed by atoms with Gasteiger partial charge < -0.3 is 9.55 Å². The minimum atomic E-state index is -3.66. The average Bonchev–Trinajstić information content (AvgIpc) is 3.05. The molecule has 1 N–H and O–H groups in total. The first kappa shape index (κ1) is 25.7. The van der Waals surface area contributed by atoms with E-state index < -0.39 is 42.0 Å². The molecule has 0 aliphatic heterocycles. The van der Waals surface area contributed by atoms with Crippen LogP contribution >= 0.6 is 11.6 Å². The number of hydrogen-bond donors (Lipinski definition) is 1. The Morgan fingerprint density at radius 3 is 2.54 bits per heavy atom. The van der Waals surface area contributed by atoms with Gasteiger partial charge in [-0.15, -0.1) is 0 Å². The summed E-state index contributed by atoms with van der Waals surface area (Å²) in [6.45, 7) is 0.319. The summed E-state index contributed by atoms with van der Waals surface area (Å²) in [6.07, 6.45) is 6.28. The molecule has 1 aliphatic carbocycles. The van der Waals surface area contributed by atoms with E-state index in [0.29, 0.717) is 40.9 Å². The second kappa shape index (κ2) is 9.55. The summed E-state index contributed by atoms with van der Waals surface area (Å²) in [5, 5.41) is 0.505. The van der Waals surface area contributed by atoms with E-state index in [9.17, 15) is 26.4 Å². The van der Waals surface area contributed by atoms with Gasteiger partial charge in [0.05, 0.1) is 10.9 Å². The molecule has 1 aliphatic rings. The van der Waals surface area contributed by atoms with Gasteiger partial charge in [0.25, 0.3) is 5.56 Å². The molecule has 11 heteroatoms. The largest absolute Gasteiger partial charge is 0.337 e. The third-order valence-electron chi connectivity index (χ3n) is 6.55. The number of ketones is 1. The van der Waals surface area contributed by atoms with Crippen molar-refractivity contribution < 1.29 is 21.6 Å². The average molecular weight is 539 g/mol. The van der Waals surface area contributed by atoms with Gasteiger partial charge in [0, 0.05) is 52.3 Å². The summed E-state index contributed by atoms with van der Waals surface area (Å²) in [4.78, 5) is 28.8. The van der Waals surface area contributed by atoms with E-state index in [0.717, 1.165) is 19.1 Å². The van der Waals surface area contributed by atoms with Crippen LogP contribution in [0.5, 0.6) is 0 Å². The van der Waals surface area contributed by atoms with Gasteiger partial charge in [0.15, 0.2) is 15.6 Å². The van der Waals surface area contributed by atoms with Crippen molar-refractivity contribution in [2.45, 2.75) is 37.5 Å². The van der Waals surface area contributed by atoms with E-state index in [2.05, 4.69) is 4.98 Å². The monoisotopic (exact) mass is 538 g/mol. The molecule has 2 unspecified atom stereocenters. The van der Waals surface area contributed by atoms with Crippen LogP contribution in [0.15, 0.2) is 41.3 Å². The lowest BCUT2D eigenvalue weighted by atomic mass is 9.88. The summed E-state index contributed by atoms with van der Waals surface area (Å²) in [6, 6.07) is 8.28. The maximum atomic E-state index is 13.5. The predicted molar refractivity (Wildman–Crippen MR) is 138 cm³/mol. The van der Waals surface area contributed by atoms with Gasteiger partial charge in [-0.3, -0.25) is 9.59 Å². The second-order valence-corrected chi connectivity index (χ2v) is 14.3. The van der Waals surface area contributed by atoms with Crippen LogP contribution in [0.1, 0.15) is 36.2 Å². The number of aromatic nitrogens is 2. The SMILES string of the molecule is CS(=O)(=O)CC(=O)c1c(-c2ccc[nH]c2=O)c2cc(Cl)ccc2n1CC1CCCC(S(C)(=O)=O)C1. The number of sulfone groups is 2. The highest BCUT2D eigenvalue weighted by Gasteiger charge is 2.32. The van der Waals surface area contributed by atoms with E-state index in [4.69, 9.17) is 11.6 Å². The molecule has 8 nitrogen and oxygen atoms in total. The number of pyridine rings is 1. The first-order valence-corrected chi connectivity index (χ1v) is 15.6. The highest BCUT2D eigenvalue weighted by molar-refractivity contribution is 7.91. The van der Waals surface area contributed by atoms with Gasteiger partial charge in [-0.05, 0) is 55.5 Å². The Morgan fingerprint density at radius 2 is 1.89 bits per heavy atom. The number of benzene rings is 1. The van der Waals surface area contributed by atoms with Crippen LogP contribution < -0.4 is 5.56 Å². The summed E-state index contributed by atoms with van der Waals surface area (Å²) < 4.78 is 50.3. The number of H-pyrrole nitrogens is 1. The smallest absolute Gasteiger partial charge is 0.255 e. The van der Waals surface area contributed by atoms with Gasteiger partial charge in [-0.1, -0.05) is 18.0 Å². The molecule has 3 aromatic rings. The van der Waals surface area contributed by atoms with Crippen molar-refractivity contribution in [3.8, 4) is 11.1 Å². The third-order valence-corrected chi connectivity index (χ3v) is 9.21. The molecule has 0 spiro atoms. The fourth-order valence-electron chi connectivity index (χ4n) is 5.06. The quantitative estimate of drug-likeness (QED) is 0.459. The van der Waals surface area contributed by atoms with Gasteiger partial charge in [0.2, 0.25) is 0 Å². The highest BCUT2D eigenvalue weighted by Crippen LogP contribution is 2.38. The lowest BCUT2D eigenvalue weighted by Gasteiger charge is -2.29. The fraction of sp³-hybridized carbons (Fsp3) is 0.417. The van der Waals surface area contributed by atoms with Gasteiger partial charge in [-0.25, -0.2) is 16.8 Å². The Kier molecular flexibility index (Phi) is 7.00. The first-order chi connectivity index (χ1) is 16.3. The standard InChI is InChI=1S/C24H27ClN2O6S2/c1-34(30,31)14-21(28)23-22(18-7-4-10-26-24(18)29)19-12-16(25)8-9-20(19)27(23)13-15-5-3-6-17(11-15)35(2,32)33/h4,7-10,12,15,17H,3,5-6,11,13-14H2,1-2H3,(H,26,29). The van der Waals surface area contributed by atoms with E-state index in [1.165, 1.54) is 12.5 Å². The Bertz CT molecular complexity index is 1570. The van der Waals surface area contributed by atoms with Gasteiger partial charge >= 0.3 is 0 Å². The van der Waals surface area contributed by atoms with Crippen LogP contribution in [-0.4, -0.2) is 55.7 Å². The molecule has 0 amide bonds. The highest BCUT2D eigenvalue weighted by atomic mass is 35.5. The van der Waals surface area contributed by atoms with Crippen molar-refractivity contribution in [3.63, 3.8) is 0 Å². The lowest BCUT2D eigenvalue weighted by molar-refractivity contribution is 0.101. The lowest BCUT2D eigenvalue weighted by Crippen LogP contribution is -2.30. The molecular weight excluding hydrogens is 512 g/mol. The number of rotatable bonds is 7. The molecule has 0 radical (unpaired) electrons. The van der Waals surface area contributed by atoms with E-state index in [-0.39, 0.29) is 17.2 Å². The van der Waals surface area contributed by atoms with Gasteiger partial charge in [-0.2, -0.15) is 0 Å². The minimum absolute atomic E-state index is 0.0403. The van der Waals surface area contributed by atoms with Gasteiger partial charge in [0.1, 0.15) is 15.6 Å². The number of Topliss-reactive ketones (excluding diaryl/α,β-unsaturated/α-hetero) is 1. The fourth-order valence-corrected chi connectivity index (χ4v) is 7.06. The van der Waals surface area contributed by atoms with E-state index >= 15 is 0 Å². The molecular formula is C24H27ClN2O6S2. The number of fused-ring (bicyclic) bond motifs is 1. The number of carbonyl (C=O) groups is 1. The molecule has 1 fully saturated rings. The van der Waals surface area contributed by atoms with Crippen molar-refractivity contribution in [3.05, 3.63) is 57.6 Å². The zero-order valence-corrected chi connectivity index (χ0v) is 21.8. The van der Waals surface area contributed by atoms with E-state index in [1.54, 1.807) is 34.9 Å². The van der Waals surface area contributed by atoms with Crippen molar-refractivity contribution >= 4 is 48.0 Å². The van der Waals surface area contributed by atoms with Crippen molar-refractivity contribution in [1.82, 2.24) is 9.55 Å². The van der Waals surface area contributed by atoms with Crippen molar-refractivity contribution in [2.75, 3.05) is 18.3 Å². The molecule has 1 saturated carbocycles.